The monoisotopic (exact) mass is 408 g/mol. The lowest BCUT2D eigenvalue weighted by Gasteiger charge is -2.37. The fraction of sp³-hybridized carbons (Fsp3) is 0.565. The van der Waals surface area contributed by atoms with Crippen molar-refractivity contribution in [3.05, 3.63) is 51.1 Å². The third-order valence-corrected chi connectivity index (χ3v) is 6.04. The first-order valence-corrected chi connectivity index (χ1v) is 10.8. The maximum atomic E-state index is 13.3. The molecule has 7 heteroatoms. The van der Waals surface area contributed by atoms with Gasteiger partial charge in [0, 0.05) is 12.1 Å². The average molecular weight is 409 g/mol. The molecule has 1 saturated heterocycles. The van der Waals surface area contributed by atoms with Crippen LogP contribution in [0.15, 0.2) is 23.0 Å². The number of nitrogens with zero attached hydrogens (tertiary/aromatic N) is 5. The molecule has 0 spiro atoms. The van der Waals surface area contributed by atoms with Crippen LogP contribution in [0.2, 0.25) is 0 Å². The second-order valence-electron chi connectivity index (χ2n) is 9.86. The molecule has 2 aromatic heterocycles. The third kappa shape index (κ3) is 3.78. The van der Waals surface area contributed by atoms with Gasteiger partial charge in [0.25, 0.3) is 5.56 Å². The molecule has 2 unspecified atom stereocenters. The van der Waals surface area contributed by atoms with Crippen LogP contribution in [0.1, 0.15) is 69.1 Å². The van der Waals surface area contributed by atoms with Crippen LogP contribution in [0.5, 0.6) is 0 Å². The molecule has 1 fully saturated rings. The van der Waals surface area contributed by atoms with E-state index in [9.17, 15) is 4.79 Å². The highest BCUT2D eigenvalue weighted by molar-refractivity contribution is 5.83. The lowest BCUT2D eigenvalue weighted by atomic mass is 9.94. The summed E-state index contributed by atoms with van der Waals surface area (Å²) in [5, 5.41) is 13.7. The number of tetrazole rings is 1. The molecule has 0 amide bonds. The zero-order valence-corrected chi connectivity index (χ0v) is 18.9. The Hall–Kier alpha value is -2.54. The first kappa shape index (κ1) is 20.7. The van der Waals surface area contributed by atoms with Crippen molar-refractivity contribution in [2.45, 2.75) is 66.0 Å². The van der Waals surface area contributed by atoms with Crippen LogP contribution >= 0.6 is 0 Å². The predicted molar refractivity (Wildman–Crippen MR) is 119 cm³/mol. The largest absolute Gasteiger partial charge is 0.321 e. The number of aromatic nitrogens is 5. The van der Waals surface area contributed by atoms with Crippen LogP contribution in [-0.2, 0) is 5.54 Å². The van der Waals surface area contributed by atoms with Crippen molar-refractivity contribution in [2.24, 2.45) is 5.92 Å². The summed E-state index contributed by atoms with van der Waals surface area (Å²) in [4.78, 5) is 18.9. The highest BCUT2D eigenvalue weighted by atomic mass is 16.1. The van der Waals surface area contributed by atoms with Gasteiger partial charge in [-0.3, -0.25) is 9.69 Å². The topological polar surface area (TPSA) is 79.7 Å². The van der Waals surface area contributed by atoms with Crippen LogP contribution in [-0.4, -0.2) is 43.2 Å². The quantitative estimate of drug-likeness (QED) is 0.715. The van der Waals surface area contributed by atoms with E-state index in [-0.39, 0.29) is 17.1 Å². The molecule has 2 atom stereocenters. The van der Waals surface area contributed by atoms with Gasteiger partial charge in [-0.15, -0.1) is 5.10 Å². The Bertz CT molecular complexity index is 1120. The first-order valence-electron chi connectivity index (χ1n) is 10.8. The number of pyridine rings is 1. The Morgan fingerprint density at radius 2 is 1.97 bits per heavy atom. The lowest BCUT2D eigenvalue weighted by molar-refractivity contribution is 0.137. The van der Waals surface area contributed by atoms with E-state index in [0.717, 1.165) is 41.8 Å². The van der Waals surface area contributed by atoms with E-state index in [1.54, 1.807) is 0 Å². The maximum absolute atomic E-state index is 13.3. The van der Waals surface area contributed by atoms with Crippen molar-refractivity contribution < 1.29 is 0 Å². The van der Waals surface area contributed by atoms with E-state index >= 15 is 0 Å². The first-order chi connectivity index (χ1) is 14.1. The molecule has 1 N–H and O–H groups in total. The number of fused-ring (bicyclic) bond motifs is 1. The summed E-state index contributed by atoms with van der Waals surface area (Å²) < 4.78 is 1.86. The lowest BCUT2D eigenvalue weighted by Crippen LogP contribution is -2.42. The summed E-state index contributed by atoms with van der Waals surface area (Å²) in [5.41, 5.74) is 3.52. The van der Waals surface area contributed by atoms with Crippen molar-refractivity contribution >= 4 is 10.9 Å². The summed E-state index contributed by atoms with van der Waals surface area (Å²) in [6, 6.07) is 5.99. The number of piperidine rings is 1. The fourth-order valence-electron chi connectivity index (χ4n) is 4.71. The van der Waals surface area contributed by atoms with Crippen molar-refractivity contribution in [3.63, 3.8) is 0 Å². The Morgan fingerprint density at radius 1 is 1.20 bits per heavy atom. The molecule has 0 saturated carbocycles. The Labute approximate surface area is 177 Å². The second-order valence-corrected chi connectivity index (χ2v) is 9.86. The van der Waals surface area contributed by atoms with Gasteiger partial charge < -0.3 is 4.98 Å². The molecule has 0 radical (unpaired) electrons. The van der Waals surface area contributed by atoms with E-state index in [4.69, 9.17) is 0 Å². The third-order valence-electron chi connectivity index (χ3n) is 6.04. The van der Waals surface area contributed by atoms with Gasteiger partial charge in [-0.2, -0.15) is 0 Å². The van der Waals surface area contributed by atoms with Crippen LogP contribution in [0.25, 0.3) is 10.9 Å². The molecule has 7 nitrogen and oxygen atoms in total. The molecule has 3 aromatic rings. The predicted octanol–water partition coefficient (Wildman–Crippen LogP) is 3.71. The number of hydrogen-bond acceptors (Lipinski definition) is 5. The maximum Gasteiger partial charge on any atom is 0.253 e. The molecule has 1 aliphatic rings. The van der Waals surface area contributed by atoms with Crippen LogP contribution in [0.4, 0.5) is 0 Å². The highest BCUT2D eigenvalue weighted by Crippen LogP contribution is 2.32. The number of H-pyrrole nitrogens is 1. The van der Waals surface area contributed by atoms with Gasteiger partial charge in [0.15, 0.2) is 5.82 Å². The minimum absolute atomic E-state index is 0.0684. The summed E-state index contributed by atoms with van der Waals surface area (Å²) in [5.74, 6) is 1.30. The Kier molecular flexibility index (Phi) is 5.26. The van der Waals surface area contributed by atoms with Gasteiger partial charge in [0.05, 0.1) is 11.1 Å². The van der Waals surface area contributed by atoms with Crippen molar-refractivity contribution in [2.75, 3.05) is 13.1 Å². The summed E-state index contributed by atoms with van der Waals surface area (Å²) in [6.45, 7) is 14.5. The number of aryl methyl sites for hydroxylation is 2. The van der Waals surface area contributed by atoms with Gasteiger partial charge in [0.1, 0.15) is 6.04 Å². The van der Waals surface area contributed by atoms with Gasteiger partial charge in [-0.25, -0.2) is 4.68 Å². The highest BCUT2D eigenvalue weighted by Gasteiger charge is 2.35. The molecule has 1 aromatic carbocycles. The SMILES string of the molecule is Cc1cc(C)c2[nH]c(=O)c(C(c3nnnn3C(C)(C)C)N3CCCC(C)C3)cc2c1. The van der Waals surface area contributed by atoms with Gasteiger partial charge in [-0.05, 0) is 93.4 Å². The van der Waals surface area contributed by atoms with Gasteiger partial charge >= 0.3 is 0 Å². The van der Waals surface area contributed by atoms with Crippen molar-refractivity contribution in [1.82, 2.24) is 30.1 Å². The number of likely N-dealkylation sites (tertiary alicyclic amines) is 1. The summed E-state index contributed by atoms with van der Waals surface area (Å²) >= 11 is 0. The van der Waals surface area contributed by atoms with E-state index in [2.05, 4.69) is 72.2 Å². The van der Waals surface area contributed by atoms with E-state index in [1.807, 2.05) is 17.7 Å². The molecular formula is C23H32N6O. The number of hydrogen-bond donors (Lipinski definition) is 1. The van der Waals surface area contributed by atoms with Gasteiger partial charge in [-0.1, -0.05) is 18.6 Å². The van der Waals surface area contributed by atoms with E-state index < -0.39 is 0 Å². The molecule has 3 heterocycles. The summed E-state index contributed by atoms with van der Waals surface area (Å²) in [6.07, 6.45) is 2.32. The Balaban J connectivity index is 1.94. The number of nitrogens with one attached hydrogen (secondary N) is 1. The fourth-order valence-corrected chi connectivity index (χ4v) is 4.71. The van der Waals surface area contributed by atoms with Crippen LogP contribution in [0.3, 0.4) is 0 Å². The zero-order chi connectivity index (χ0) is 21.6. The van der Waals surface area contributed by atoms with Crippen molar-refractivity contribution in [1.29, 1.82) is 0 Å². The number of rotatable bonds is 3. The standard InChI is InChI=1S/C23H32N6O/c1-14-8-7-9-28(13-14)20(21-25-26-27-29(21)23(4,5)6)18-12-17-11-15(2)10-16(3)19(17)24-22(18)30/h10-12,14,20H,7-9,13H2,1-6H3,(H,24,30). The number of aromatic amines is 1. The minimum atomic E-state index is -0.282. The normalized spacial score (nSPS) is 19.3. The molecule has 4 rings (SSSR count). The Morgan fingerprint density at radius 3 is 2.67 bits per heavy atom. The van der Waals surface area contributed by atoms with E-state index in [0.29, 0.717) is 11.5 Å². The zero-order valence-electron chi connectivity index (χ0n) is 18.9. The smallest absolute Gasteiger partial charge is 0.253 e. The molecule has 30 heavy (non-hydrogen) atoms. The molecule has 0 bridgehead atoms. The van der Waals surface area contributed by atoms with E-state index in [1.165, 1.54) is 12.0 Å². The molecule has 160 valence electrons. The van der Waals surface area contributed by atoms with Gasteiger partial charge in [0.2, 0.25) is 0 Å². The number of benzene rings is 1. The second kappa shape index (κ2) is 7.61. The molecule has 0 aliphatic carbocycles. The average Bonchev–Trinajstić information content (AvgIpc) is 3.13. The summed E-state index contributed by atoms with van der Waals surface area (Å²) in [7, 11) is 0. The molecule has 1 aliphatic heterocycles. The van der Waals surface area contributed by atoms with Crippen molar-refractivity contribution in [3.8, 4) is 0 Å². The van der Waals surface area contributed by atoms with Crippen LogP contribution in [0, 0.1) is 19.8 Å². The minimum Gasteiger partial charge on any atom is -0.321 e. The molecular weight excluding hydrogens is 376 g/mol. The van der Waals surface area contributed by atoms with Crippen LogP contribution < -0.4 is 5.56 Å².